The van der Waals surface area contributed by atoms with E-state index in [-0.39, 0.29) is 86.6 Å². The fourth-order valence-corrected chi connectivity index (χ4v) is 10.0. The minimum absolute atomic E-state index is 0.157. The lowest BCUT2D eigenvalue weighted by Crippen LogP contribution is -2.51. The van der Waals surface area contributed by atoms with Gasteiger partial charge >= 0.3 is 0 Å². The molecule has 20 nitrogen and oxygen atoms in total. The third kappa shape index (κ3) is 12.6. The summed E-state index contributed by atoms with van der Waals surface area (Å²) in [6, 6.07) is 20.2. The molecule has 79 heavy (non-hydrogen) atoms. The molecule has 412 valence electrons. The zero-order chi connectivity index (χ0) is 55.7. The highest BCUT2D eigenvalue weighted by molar-refractivity contribution is 6.07. The van der Waals surface area contributed by atoms with Crippen molar-refractivity contribution >= 4 is 82.0 Å². The van der Waals surface area contributed by atoms with Gasteiger partial charge in [0.15, 0.2) is 23.0 Å². The van der Waals surface area contributed by atoms with Crippen LogP contribution in [0, 0.1) is 5.92 Å². The number of imide groups is 1. The lowest BCUT2D eigenvalue weighted by Gasteiger charge is -2.21. The van der Waals surface area contributed by atoms with E-state index >= 15 is 0 Å². The van der Waals surface area contributed by atoms with Gasteiger partial charge in [-0.05, 0) is 77.4 Å². The maximum Gasteiger partial charge on any atom is 0.260 e. The van der Waals surface area contributed by atoms with E-state index < -0.39 is 17.9 Å². The van der Waals surface area contributed by atoms with Gasteiger partial charge < -0.3 is 49.4 Å². The number of carbonyl (C=O) groups is 7. The van der Waals surface area contributed by atoms with Gasteiger partial charge in [0, 0.05) is 87.7 Å². The monoisotopic (exact) mass is 1080 g/mol. The first-order valence-corrected chi connectivity index (χ1v) is 26.5. The van der Waals surface area contributed by atoms with Crippen molar-refractivity contribution in [1.29, 1.82) is 0 Å². The molecular formula is C59H64N8O12. The van der Waals surface area contributed by atoms with E-state index in [0.717, 1.165) is 28.0 Å². The highest BCUT2D eigenvalue weighted by atomic mass is 16.5. The number of methoxy groups -OCH3 is 3. The Balaban J connectivity index is 0.731. The number of nitrogens with zero attached hydrogens (tertiary/aromatic N) is 5. The third-order valence-electron chi connectivity index (χ3n) is 14.4. The third-order valence-corrected chi connectivity index (χ3v) is 14.4. The van der Waals surface area contributed by atoms with Crippen LogP contribution in [0.25, 0.3) is 11.1 Å². The van der Waals surface area contributed by atoms with Crippen LogP contribution in [0.1, 0.15) is 103 Å². The number of fused-ring (bicyclic) bond motifs is 4. The van der Waals surface area contributed by atoms with Crippen molar-refractivity contribution in [2.45, 2.75) is 89.8 Å². The molecule has 3 N–H and O–H groups in total. The molecule has 5 aliphatic heterocycles. The molecule has 4 aromatic carbocycles. The first-order valence-electron chi connectivity index (χ1n) is 26.5. The highest BCUT2D eigenvalue weighted by Crippen LogP contribution is 2.42. The predicted octanol–water partition coefficient (Wildman–Crippen LogP) is 7.41. The van der Waals surface area contributed by atoms with E-state index in [2.05, 4.69) is 16.0 Å². The van der Waals surface area contributed by atoms with Crippen molar-refractivity contribution in [3.8, 4) is 28.7 Å². The summed E-state index contributed by atoms with van der Waals surface area (Å²) in [5.41, 5.74) is 5.96. The number of carbonyl (C=O) groups excluding carboxylic acids is 7. The number of hydrogen-bond acceptors (Lipinski definition) is 14. The number of amides is 7. The maximum atomic E-state index is 14.1. The largest absolute Gasteiger partial charge is 0.497 e. The average Bonchev–Trinajstić information content (AvgIpc) is 4.37. The van der Waals surface area contributed by atoms with Crippen LogP contribution >= 0.6 is 0 Å². The molecule has 0 spiro atoms. The van der Waals surface area contributed by atoms with Crippen LogP contribution in [-0.4, -0.2) is 134 Å². The molecule has 7 amide bonds. The highest BCUT2D eigenvalue weighted by Gasteiger charge is 2.36. The topological polar surface area (TPSA) is 236 Å². The van der Waals surface area contributed by atoms with Crippen molar-refractivity contribution in [3.05, 3.63) is 107 Å². The van der Waals surface area contributed by atoms with Gasteiger partial charge in [-0.3, -0.25) is 48.4 Å². The number of benzene rings is 4. The molecule has 0 bridgehead atoms. The second-order valence-corrected chi connectivity index (χ2v) is 20.0. The van der Waals surface area contributed by atoms with Crippen molar-refractivity contribution in [2.24, 2.45) is 15.9 Å². The SMILES string of the molecule is COc1ccc(C2=CN3C(=O)c4cc(OC)c(OCCCOc5cc6c(cc5OC)C(=O)N5C=C(c7ccc(NC(=O)CNC(=O)C(NC(=O)CCCCCN8C(=O)CCC8=O)C(C)C)cc7)CC5C=N6)cc4N=C[C@@H]3C2)cc1. The van der Waals surface area contributed by atoms with Crippen LogP contribution in [0.4, 0.5) is 17.1 Å². The van der Waals surface area contributed by atoms with Gasteiger partial charge in [0.25, 0.3) is 11.8 Å². The summed E-state index contributed by atoms with van der Waals surface area (Å²) >= 11 is 0. The number of rotatable bonds is 23. The molecule has 3 atom stereocenters. The molecule has 20 heteroatoms. The Morgan fingerprint density at radius 1 is 0.633 bits per heavy atom. The molecule has 0 radical (unpaired) electrons. The molecule has 5 aliphatic rings. The van der Waals surface area contributed by atoms with Gasteiger partial charge in [0.1, 0.15) is 11.8 Å². The van der Waals surface area contributed by atoms with E-state index in [1.54, 1.807) is 79.6 Å². The molecule has 0 aromatic heterocycles. The van der Waals surface area contributed by atoms with E-state index in [4.69, 9.17) is 33.7 Å². The van der Waals surface area contributed by atoms with Gasteiger partial charge in [-0.25, -0.2) is 0 Å². The van der Waals surface area contributed by atoms with Gasteiger partial charge in [-0.15, -0.1) is 0 Å². The lowest BCUT2D eigenvalue weighted by molar-refractivity contribution is -0.138. The molecule has 1 saturated heterocycles. The number of unbranched alkanes of at least 4 members (excludes halogenated alkanes) is 2. The Hall–Kier alpha value is -8.81. The predicted molar refractivity (Wildman–Crippen MR) is 295 cm³/mol. The number of ether oxygens (including phenoxy) is 5. The molecule has 2 unspecified atom stereocenters. The second kappa shape index (κ2) is 24.7. The van der Waals surface area contributed by atoms with Crippen molar-refractivity contribution in [3.63, 3.8) is 0 Å². The van der Waals surface area contributed by atoms with Gasteiger partial charge in [-0.2, -0.15) is 0 Å². The summed E-state index contributed by atoms with van der Waals surface area (Å²) in [6.07, 6.45) is 11.3. The average molecular weight is 1080 g/mol. The first-order chi connectivity index (χ1) is 38.2. The maximum absolute atomic E-state index is 14.1. The van der Waals surface area contributed by atoms with Crippen LogP contribution in [0.5, 0.6) is 28.7 Å². The minimum Gasteiger partial charge on any atom is -0.497 e. The zero-order valence-corrected chi connectivity index (χ0v) is 44.9. The number of nitrogens with one attached hydrogen (secondary N) is 3. The molecule has 9 rings (SSSR count). The standard InChI is InChI=1S/C59H64N8O12/c1-35(2)56(64-52(68)10-7-6-8-21-65-54(70)19-20-55(65)71)57(72)62-32-53(69)63-40-15-11-36(12-16-40)38-24-41-30-60-46-28-50(48(76-4)26-44(46)58(73)66(41)33-38)78-22-9-23-79-51-29-47-45(27-49(51)77-5)59(74)67-34-39(25-42(67)31-61-47)37-13-17-43(75-3)18-14-37/h11-18,26-31,33-35,41-42,56H,6-10,19-25,32H2,1-5H3,(H,62,72)(H,63,69)(H,64,68)/t41?,42-,56?/m0/s1. The van der Waals surface area contributed by atoms with E-state index in [1.807, 2.05) is 48.8 Å². The fourth-order valence-electron chi connectivity index (χ4n) is 10.0. The summed E-state index contributed by atoms with van der Waals surface area (Å²) < 4.78 is 29.0. The Kier molecular flexibility index (Phi) is 17.2. The quantitative estimate of drug-likeness (QED) is 0.0487. The van der Waals surface area contributed by atoms with Gasteiger partial charge in [-0.1, -0.05) is 44.5 Å². The number of hydrogen-bond donors (Lipinski definition) is 3. The van der Waals surface area contributed by atoms with Gasteiger partial charge in [0.05, 0.1) is 75.7 Å². The molecule has 0 aliphatic carbocycles. The van der Waals surface area contributed by atoms with Crippen molar-refractivity contribution in [2.75, 3.05) is 52.9 Å². The first kappa shape index (κ1) is 55.0. The van der Waals surface area contributed by atoms with E-state index in [1.165, 1.54) is 19.1 Å². The summed E-state index contributed by atoms with van der Waals surface area (Å²) in [7, 11) is 4.65. The van der Waals surface area contributed by atoms with Crippen LogP contribution in [-0.2, 0) is 24.0 Å². The number of aliphatic imine (C=N–C) groups is 2. The molecule has 0 saturated carbocycles. The fraction of sp³-hybridized carbons (Fsp3) is 0.373. The molecule has 4 aromatic rings. The minimum atomic E-state index is -0.846. The van der Waals surface area contributed by atoms with Crippen LogP contribution in [0.15, 0.2) is 95.2 Å². The normalized spacial score (nSPS) is 17.5. The van der Waals surface area contributed by atoms with Crippen LogP contribution in [0.3, 0.4) is 0 Å². The smallest absolute Gasteiger partial charge is 0.260 e. The Morgan fingerprint density at radius 2 is 1.16 bits per heavy atom. The Labute approximate surface area is 457 Å². The van der Waals surface area contributed by atoms with E-state index in [0.29, 0.717) is 96.3 Å². The van der Waals surface area contributed by atoms with Crippen molar-refractivity contribution in [1.82, 2.24) is 25.3 Å². The molecular weight excluding hydrogens is 1010 g/mol. The summed E-state index contributed by atoms with van der Waals surface area (Å²) in [5, 5.41) is 8.19. The van der Waals surface area contributed by atoms with Crippen molar-refractivity contribution < 1.29 is 57.2 Å². The number of likely N-dealkylation sites (tertiary alicyclic amines) is 1. The molecule has 5 heterocycles. The Morgan fingerprint density at radius 3 is 1.67 bits per heavy atom. The lowest BCUT2D eigenvalue weighted by atomic mass is 10.0. The molecule has 1 fully saturated rings. The van der Waals surface area contributed by atoms with E-state index in [9.17, 15) is 33.6 Å². The zero-order valence-electron chi connectivity index (χ0n) is 44.9. The van der Waals surface area contributed by atoms with Crippen LogP contribution < -0.4 is 39.6 Å². The summed E-state index contributed by atoms with van der Waals surface area (Å²) in [6.45, 7) is 4.14. The van der Waals surface area contributed by atoms with Crippen LogP contribution in [0.2, 0.25) is 0 Å². The summed E-state index contributed by atoms with van der Waals surface area (Å²) in [4.78, 5) is 104. The number of anilines is 1. The summed E-state index contributed by atoms with van der Waals surface area (Å²) in [5.74, 6) is 0.145. The Bertz CT molecular complexity index is 3130. The van der Waals surface area contributed by atoms with Gasteiger partial charge in [0.2, 0.25) is 29.5 Å². The second-order valence-electron chi connectivity index (χ2n) is 20.0.